The number of aromatic nitrogens is 2. The van der Waals surface area contributed by atoms with Crippen LogP contribution in [0.15, 0.2) is 39.6 Å². The van der Waals surface area contributed by atoms with Crippen LogP contribution in [0.25, 0.3) is 10.9 Å². The second-order valence-corrected chi connectivity index (χ2v) is 6.51. The molecule has 0 saturated heterocycles. The molecule has 6 heteroatoms. The number of fused-ring (bicyclic) bond motifs is 1. The average molecular weight is 337 g/mol. The molecule has 0 bridgehead atoms. The topological polar surface area (TPSA) is 88.0 Å². The predicted octanol–water partition coefficient (Wildman–Crippen LogP) is 3.60. The fourth-order valence-corrected chi connectivity index (χ4v) is 3.04. The Morgan fingerprint density at radius 1 is 1.32 bits per heavy atom. The molecule has 1 aliphatic carbocycles. The Morgan fingerprint density at radius 2 is 2.16 bits per heavy atom. The molecule has 0 atom stereocenters. The first-order valence-electron chi connectivity index (χ1n) is 8.58. The molecule has 1 amide bonds. The molecule has 1 aliphatic rings. The van der Waals surface area contributed by atoms with E-state index in [1.165, 1.54) is 0 Å². The van der Waals surface area contributed by atoms with Crippen molar-refractivity contribution in [3.63, 3.8) is 0 Å². The van der Waals surface area contributed by atoms with E-state index in [1.807, 2.05) is 12.1 Å². The summed E-state index contributed by atoms with van der Waals surface area (Å²) in [6.45, 7) is 2.08. The number of rotatable bonds is 5. The average Bonchev–Trinajstić information content (AvgIpc) is 3.31. The summed E-state index contributed by atoms with van der Waals surface area (Å²) in [5.74, 6) is 0.871. The van der Waals surface area contributed by atoms with E-state index in [0.717, 1.165) is 42.4 Å². The molecule has 2 aromatic heterocycles. The zero-order valence-corrected chi connectivity index (χ0v) is 14.0. The van der Waals surface area contributed by atoms with Crippen LogP contribution in [0, 0.1) is 0 Å². The molecule has 25 heavy (non-hydrogen) atoms. The summed E-state index contributed by atoms with van der Waals surface area (Å²) >= 11 is 0. The summed E-state index contributed by atoms with van der Waals surface area (Å²) in [7, 11) is 0. The van der Waals surface area contributed by atoms with E-state index in [2.05, 4.69) is 22.4 Å². The van der Waals surface area contributed by atoms with Crippen molar-refractivity contribution in [3.8, 4) is 0 Å². The van der Waals surface area contributed by atoms with Gasteiger partial charge in [-0.25, -0.2) is 0 Å². The second kappa shape index (κ2) is 6.20. The molecule has 6 nitrogen and oxygen atoms in total. The second-order valence-electron chi connectivity index (χ2n) is 6.51. The van der Waals surface area contributed by atoms with Crippen molar-refractivity contribution < 1.29 is 9.32 Å². The van der Waals surface area contributed by atoms with Crippen molar-refractivity contribution in [1.82, 2.24) is 10.1 Å². The van der Waals surface area contributed by atoms with Gasteiger partial charge in [-0.2, -0.15) is 0 Å². The maximum atomic E-state index is 12.3. The van der Waals surface area contributed by atoms with Crippen molar-refractivity contribution in [3.05, 3.63) is 57.7 Å². The molecule has 0 spiro atoms. The maximum Gasteiger partial charge on any atom is 0.277 e. The first-order chi connectivity index (χ1) is 12.1. The van der Waals surface area contributed by atoms with Gasteiger partial charge in [0.05, 0.1) is 5.52 Å². The predicted molar refractivity (Wildman–Crippen MR) is 95.0 cm³/mol. The van der Waals surface area contributed by atoms with Gasteiger partial charge in [0.2, 0.25) is 5.56 Å². The van der Waals surface area contributed by atoms with Gasteiger partial charge >= 0.3 is 0 Å². The highest BCUT2D eigenvalue weighted by atomic mass is 16.5. The van der Waals surface area contributed by atoms with Crippen molar-refractivity contribution in [2.24, 2.45) is 0 Å². The van der Waals surface area contributed by atoms with Gasteiger partial charge in [-0.05, 0) is 37.0 Å². The SMILES string of the molecule is CCCc1cc(=O)[nH]c2cc(NC(=O)c3cc(C4CC4)on3)ccc12. The van der Waals surface area contributed by atoms with Gasteiger partial charge in [0.1, 0.15) is 5.76 Å². The summed E-state index contributed by atoms with van der Waals surface area (Å²) in [5.41, 5.74) is 2.48. The van der Waals surface area contributed by atoms with Crippen molar-refractivity contribution in [2.45, 2.75) is 38.5 Å². The van der Waals surface area contributed by atoms with Crippen LogP contribution in [0.3, 0.4) is 0 Å². The standard InChI is InChI=1S/C19H19N3O3/c1-2-3-12-8-18(23)21-15-9-13(6-7-14(12)15)20-19(24)16-10-17(25-22-16)11-4-5-11/h6-11H,2-5H2,1H3,(H,20,24)(H,21,23). The number of nitrogens with zero attached hydrogens (tertiary/aromatic N) is 1. The molecule has 1 saturated carbocycles. The fraction of sp³-hybridized carbons (Fsp3) is 0.316. The van der Waals surface area contributed by atoms with E-state index in [1.54, 1.807) is 18.2 Å². The number of carbonyl (C=O) groups excluding carboxylic acids is 1. The minimum absolute atomic E-state index is 0.134. The number of H-pyrrole nitrogens is 1. The van der Waals surface area contributed by atoms with E-state index in [-0.39, 0.29) is 17.2 Å². The number of amides is 1. The van der Waals surface area contributed by atoms with Gasteiger partial charge in [0.25, 0.3) is 5.91 Å². The van der Waals surface area contributed by atoms with Crippen molar-refractivity contribution in [1.29, 1.82) is 0 Å². The molecule has 0 unspecified atom stereocenters. The monoisotopic (exact) mass is 337 g/mol. The van der Waals surface area contributed by atoms with Crippen LogP contribution < -0.4 is 10.9 Å². The molecule has 4 rings (SSSR count). The van der Waals surface area contributed by atoms with Gasteiger partial charge < -0.3 is 14.8 Å². The Balaban J connectivity index is 1.60. The highest BCUT2D eigenvalue weighted by molar-refractivity contribution is 6.03. The van der Waals surface area contributed by atoms with E-state index in [0.29, 0.717) is 17.1 Å². The van der Waals surface area contributed by atoms with Crippen LogP contribution in [-0.2, 0) is 6.42 Å². The van der Waals surface area contributed by atoms with Gasteiger partial charge in [-0.15, -0.1) is 0 Å². The lowest BCUT2D eigenvalue weighted by atomic mass is 10.0. The van der Waals surface area contributed by atoms with Gasteiger partial charge in [-0.3, -0.25) is 9.59 Å². The van der Waals surface area contributed by atoms with Crippen LogP contribution in [0.2, 0.25) is 0 Å². The molecule has 128 valence electrons. The lowest BCUT2D eigenvalue weighted by Crippen LogP contribution is -2.13. The van der Waals surface area contributed by atoms with Gasteiger partial charge in [0.15, 0.2) is 5.69 Å². The molecule has 3 aromatic rings. The first kappa shape index (κ1) is 15.6. The summed E-state index contributed by atoms with van der Waals surface area (Å²) in [6, 6.07) is 8.87. The molecular formula is C19H19N3O3. The lowest BCUT2D eigenvalue weighted by molar-refractivity contribution is 0.101. The van der Waals surface area contributed by atoms with Crippen LogP contribution in [-0.4, -0.2) is 16.0 Å². The third-order valence-corrected chi connectivity index (χ3v) is 4.45. The van der Waals surface area contributed by atoms with Crippen LogP contribution in [0.4, 0.5) is 5.69 Å². The zero-order chi connectivity index (χ0) is 17.4. The Kier molecular flexibility index (Phi) is 3.87. The summed E-state index contributed by atoms with van der Waals surface area (Å²) in [5, 5.41) is 7.65. The van der Waals surface area contributed by atoms with Crippen LogP contribution in [0.5, 0.6) is 0 Å². The number of nitrogens with one attached hydrogen (secondary N) is 2. The van der Waals surface area contributed by atoms with Crippen LogP contribution in [0.1, 0.15) is 53.9 Å². The zero-order valence-electron chi connectivity index (χ0n) is 14.0. The number of aromatic amines is 1. The summed E-state index contributed by atoms with van der Waals surface area (Å²) < 4.78 is 5.22. The number of aryl methyl sites for hydroxylation is 1. The molecule has 2 heterocycles. The summed E-state index contributed by atoms with van der Waals surface area (Å²) in [4.78, 5) is 27.0. The number of hydrogen-bond donors (Lipinski definition) is 2. The molecule has 2 N–H and O–H groups in total. The quantitative estimate of drug-likeness (QED) is 0.744. The number of carbonyl (C=O) groups is 1. The number of hydrogen-bond acceptors (Lipinski definition) is 4. The molecular weight excluding hydrogens is 318 g/mol. The van der Waals surface area contributed by atoms with E-state index < -0.39 is 0 Å². The number of benzene rings is 1. The Morgan fingerprint density at radius 3 is 2.92 bits per heavy atom. The van der Waals surface area contributed by atoms with E-state index in [9.17, 15) is 9.59 Å². The lowest BCUT2D eigenvalue weighted by Gasteiger charge is -2.08. The van der Waals surface area contributed by atoms with Gasteiger partial charge in [-0.1, -0.05) is 24.6 Å². The minimum Gasteiger partial charge on any atom is -0.360 e. The van der Waals surface area contributed by atoms with E-state index in [4.69, 9.17) is 4.52 Å². The third kappa shape index (κ3) is 3.20. The highest BCUT2D eigenvalue weighted by Gasteiger charge is 2.28. The first-order valence-corrected chi connectivity index (χ1v) is 8.58. The van der Waals surface area contributed by atoms with Gasteiger partial charge in [0, 0.05) is 29.1 Å². The third-order valence-electron chi connectivity index (χ3n) is 4.45. The molecule has 1 fully saturated rings. The highest BCUT2D eigenvalue weighted by Crippen LogP contribution is 2.40. The Bertz CT molecular complexity index is 999. The Hall–Kier alpha value is -2.89. The minimum atomic E-state index is -0.318. The molecule has 0 radical (unpaired) electrons. The van der Waals surface area contributed by atoms with Crippen molar-refractivity contribution in [2.75, 3.05) is 5.32 Å². The summed E-state index contributed by atoms with van der Waals surface area (Å²) in [6.07, 6.45) is 3.99. The van der Waals surface area contributed by atoms with Crippen LogP contribution >= 0.6 is 0 Å². The maximum absolute atomic E-state index is 12.3. The smallest absolute Gasteiger partial charge is 0.277 e. The number of pyridine rings is 1. The largest absolute Gasteiger partial charge is 0.360 e. The normalized spacial score (nSPS) is 14.0. The van der Waals surface area contributed by atoms with E-state index >= 15 is 0 Å². The fourth-order valence-electron chi connectivity index (χ4n) is 3.04. The molecule has 1 aromatic carbocycles. The molecule has 0 aliphatic heterocycles. The Labute approximate surface area is 144 Å². The number of anilines is 1. The van der Waals surface area contributed by atoms with Crippen molar-refractivity contribution >= 4 is 22.5 Å².